The lowest BCUT2D eigenvalue weighted by Gasteiger charge is -2.34. The molecule has 1 atom stereocenters. The molecule has 0 saturated heterocycles. The van der Waals surface area contributed by atoms with E-state index in [-0.39, 0.29) is 24.2 Å². The summed E-state index contributed by atoms with van der Waals surface area (Å²) in [5.74, 6) is 0.633. The van der Waals surface area contributed by atoms with E-state index in [4.69, 9.17) is 14.2 Å². The normalized spacial score (nSPS) is 17.4. The smallest absolute Gasteiger partial charge is 0.336 e. The molecule has 1 aromatic rings. The minimum atomic E-state index is -0.440. The Bertz CT molecular complexity index is 738. The van der Waals surface area contributed by atoms with Crippen LogP contribution in [0.5, 0.6) is 11.5 Å². The maximum atomic E-state index is 12.9. The summed E-state index contributed by atoms with van der Waals surface area (Å²) in [5.41, 5.74) is 1.89. The summed E-state index contributed by atoms with van der Waals surface area (Å²) in [6, 6.07) is 5.40. The van der Waals surface area contributed by atoms with Gasteiger partial charge in [0.15, 0.2) is 0 Å². The van der Waals surface area contributed by atoms with Crippen LogP contribution in [0.4, 0.5) is 0 Å². The number of nitrogens with zero attached hydrogens (tertiary/aromatic N) is 1. The predicted molar refractivity (Wildman–Crippen MR) is 103 cm³/mol. The Kier molecular flexibility index (Phi) is 6.88. The summed E-state index contributed by atoms with van der Waals surface area (Å²) in [5, 5.41) is 0. The molecule has 0 radical (unpaired) electrons. The number of rotatable bonds is 7. The average Bonchev–Trinajstić information content (AvgIpc) is 2.65. The molecule has 1 amide bonds. The minimum absolute atomic E-state index is 0.0229. The van der Waals surface area contributed by atoms with Crippen molar-refractivity contribution in [3.8, 4) is 11.5 Å². The fraction of sp³-hybridized carbons (Fsp3) is 0.524. The van der Waals surface area contributed by atoms with Gasteiger partial charge in [0.1, 0.15) is 11.5 Å². The Labute approximate surface area is 161 Å². The number of carbonyl (C=O) groups is 2. The van der Waals surface area contributed by atoms with Crippen molar-refractivity contribution in [3.63, 3.8) is 0 Å². The molecule has 1 heterocycles. The van der Waals surface area contributed by atoms with Gasteiger partial charge in [0, 0.05) is 30.1 Å². The van der Waals surface area contributed by atoms with E-state index < -0.39 is 5.92 Å². The van der Waals surface area contributed by atoms with Crippen molar-refractivity contribution in [3.05, 3.63) is 35.0 Å². The number of benzene rings is 1. The molecule has 2 rings (SSSR count). The highest BCUT2D eigenvalue weighted by Gasteiger charge is 2.37. The van der Waals surface area contributed by atoms with Crippen LogP contribution in [0, 0.1) is 5.92 Å². The molecule has 0 N–H and O–H groups in total. The van der Waals surface area contributed by atoms with Gasteiger partial charge in [0.05, 0.1) is 26.4 Å². The first kappa shape index (κ1) is 20.8. The molecule has 0 fully saturated rings. The molecule has 148 valence electrons. The monoisotopic (exact) mass is 375 g/mol. The van der Waals surface area contributed by atoms with Crippen LogP contribution >= 0.6 is 0 Å². The van der Waals surface area contributed by atoms with Crippen molar-refractivity contribution in [2.24, 2.45) is 5.92 Å². The summed E-state index contributed by atoms with van der Waals surface area (Å²) in [6.07, 6.45) is 0.181. The summed E-state index contributed by atoms with van der Waals surface area (Å²) in [7, 11) is 3.15. The summed E-state index contributed by atoms with van der Waals surface area (Å²) in [6.45, 7) is 8.50. The van der Waals surface area contributed by atoms with E-state index in [0.717, 1.165) is 5.56 Å². The number of esters is 1. The van der Waals surface area contributed by atoms with E-state index in [9.17, 15) is 9.59 Å². The zero-order chi connectivity index (χ0) is 20.1. The topological polar surface area (TPSA) is 65.1 Å². The number of carbonyl (C=O) groups excluding carboxylic acids is 2. The highest BCUT2D eigenvalue weighted by molar-refractivity contribution is 5.96. The molecule has 0 aromatic heterocycles. The van der Waals surface area contributed by atoms with Gasteiger partial charge < -0.3 is 19.1 Å². The second-order valence-electron chi connectivity index (χ2n) is 6.99. The van der Waals surface area contributed by atoms with Gasteiger partial charge in [-0.25, -0.2) is 4.79 Å². The van der Waals surface area contributed by atoms with Crippen LogP contribution in [0.15, 0.2) is 29.5 Å². The number of hydrogen-bond donors (Lipinski definition) is 0. The van der Waals surface area contributed by atoms with Gasteiger partial charge in [-0.15, -0.1) is 0 Å². The fourth-order valence-electron chi connectivity index (χ4n) is 3.37. The van der Waals surface area contributed by atoms with Gasteiger partial charge in [-0.3, -0.25) is 4.79 Å². The predicted octanol–water partition coefficient (Wildman–Crippen LogP) is 3.51. The Morgan fingerprint density at radius 3 is 2.52 bits per heavy atom. The van der Waals surface area contributed by atoms with Gasteiger partial charge >= 0.3 is 5.97 Å². The van der Waals surface area contributed by atoms with Crippen molar-refractivity contribution in [2.75, 3.05) is 27.4 Å². The first-order valence-corrected chi connectivity index (χ1v) is 9.24. The van der Waals surface area contributed by atoms with Crippen LogP contribution in [0.25, 0.3) is 0 Å². The maximum Gasteiger partial charge on any atom is 0.336 e. The fourth-order valence-corrected chi connectivity index (χ4v) is 3.37. The maximum absolute atomic E-state index is 12.9. The van der Waals surface area contributed by atoms with E-state index in [0.29, 0.717) is 35.9 Å². The Morgan fingerprint density at radius 2 is 1.96 bits per heavy atom. The van der Waals surface area contributed by atoms with Crippen LogP contribution in [0.2, 0.25) is 0 Å². The van der Waals surface area contributed by atoms with Crippen molar-refractivity contribution < 1.29 is 23.8 Å². The minimum Gasteiger partial charge on any atom is -0.497 e. The second-order valence-corrected chi connectivity index (χ2v) is 6.99. The molecule has 0 aliphatic carbocycles. The van der Waals surface area contributed by atoms with Crippen LogP contribution in [-0.4, -0.2) is 44.1 Å². The van der Waals surface area contributed by atoms with Crippen molar-refractivity contribution in [1.82, 2.24) is 4.90 Å². The van der Waals surface area contributed by atoms with Gasteiger partial charge in [-0.05, 0) is 38.0 Å². The van der Waals surface area contributed by atoms with E-state index in [1.807, 2.05) is 26.8 Å². The Morgan fingerprint density at radius 1 is 1.26 bits per heavy atom. The van der Waals surface area contributed by atoms with Crippen LogP contribution < -0.4 is 9.47 Å². The molecule has 0 saturated carbocycles. The molecule has 6 nitrogen and oxygen atoms in total. The zero-order valence-electron chi connectivity index (χ0n) is 17.0. The number of methoxy groups -OCH3 is 2. The lowest BCUT2D eigenvalue weighted by molar-refractivity contribution is -0.141. The average molecular weight is 375 g/mol. The summed E-state index contributed by atoms with van der Waals surface area (Å²) < 4.78 is 16.3. The lowest BCUT2D eigenvalue weighted by Crippen LogP contribution is -2.38. The van der Waals surface area contributed by atoms with E-state index in [2.05, 4.69) is 0 Å². The Balaban J connectivity index is 2.57. The number of ether oxygens (including phenoxy) is 3. The molecule has 6 heteroatoms. The third kappa shape index (κ3) is 4.43. The molecule has 0 bridgehead atoms. The first-order chi connectivity index (χ1) is 12.8. The number of amides is 1. The van der Waals surface area contributed by atoms with Crippen molar-refractivity contribution in [1.29, 1.82) is 0 Å². The van der Waals surface area contributed by atoms with Crippen LogP contribution in [0.1, 0.15) is 45.6 Å². The molecule has 0 unspecified atom stereocenters. The lowest BCUT2D eigenvalue weighted by atomic mass is 9.83. The summed E-state index contributed by atoms with van der Waals surface area (Å²) in [4.78, 5) is 27.2. The van der Waals surface area contributed by atoms with E-state index in [1.54, 1.807) is 38.2 Å². The third-order valence-electron chi connectivity index (χ3n) is 4.72. The molecule has 1 aromatic carbocycles. The third-order valence-corrected chi connectivity index (χ3v) is 4.72. The van der Waals surface area contributed by atoms with Gasteiger partial charge in [0.2, 0.25) is 5.91 Å². The molecular weight excluding hydrogens is 346 g/mol. The molecule has 1 aliphatic rings. The Hall–Kier alpha value is -2.50. The van der Waals surface area contributed by atoms with Crippen molar-refractivity contribution >= 4 is 11.9 Å². The molecule has 1 aliphatic heterocycles. The van der Waals surface area contributed by atoms with E-state index in [1.165, 1.54) is 0 Å². The quantitative estimate of drug-likeness (QED) is 0.683. The van der Waals surface area contributed by atoms with Crippen LogP contribution in [-0.2, 0) is 14.3 Å². The number of hydrogen-bond acceptors (Lipinski definition) is 5. The second kappa shape index (κ2) is 8.93. The summed E-state index contributed by atoms with van der Waals surface area (Å²) >= 11 is 0. The highest BCUT2D eigenvalue weighted by atomic mass is 16.5. The van der Waals surface area contributed by atoms with Gasteiger partial charge in [-0.2, -0.15) is 0 Å². The van der Waals surface area contributed by atoms with Crippen LogP contribution in [0.3, 0.4) is 0 Å². The van der Waals surface area contributed by atoms with Gasteiger partial charge in [0.25, 0.3) is 0 Å². The number of allylic oxidation sites excluding steroid dienone is 1. The van der Waals surface area contributed by atoms with E-state index >= 15 is 0 Å². The molecular formula is C21H29NO5. The first-order valence-electron chi connectivity index (χ1n) is 9.24. The standard InChI is InChI=1S/C21H29NO5/c1-7-22-14(4)20(21(24)27-12-13(2)3)17(11-19(22)23)16-10-15(25-5)8-9-18(16)26-6/h8-10,13,17H,7,11-12H2,1-6H3/t17-/m0/s1. The SMILES string of the molecule is CCN1C(=O)C[C@@H](c2cc(OC)ccc2OC)C(C(=O)OCC(C)C)=C1C. The molecule has 0 spiro atoms. The molecule has 27 heavy (non-hydrogen) atoms. The zero-order valence-corrected chi connectivity index (χ0v) is 17.0. The van der Waals surface area contributed by atoms with Gasteiger partial charge in [-0.1, -0.05) is 13.8 Å². The highest BCUT2D eigenvalue weighted by Crippen LogP contribution is 2.42. The largest absolute Gasteiger partial charge is 0.497 e. The van der Waals surface area contributed by atoms with Crippen molar-refractivity contribution in [2.45, 2.75) is 40.0 Å².